The molecule has 5 rings (SSSR count). The average Bonchev–Trinajstić information content (AvgIpc) is 2.98. The highest BCUT2D eigenvalue weighted by Gasteiger charge is 2.66. The maximum Gasteiger partial charge on any atom is -0.00566 e. The van der Waals surface area contributed by atoms with Gasteiger partial charge >= 0.3 is 0 Å². The van der Waals surface area contributed by atoms with E-state index in [1.54, 1.807) is 0 Å². The highest BCUT2D eigenvalue weighted by atomic mass is 14.7. The Morgan fingerprint density at radius 3 is 2.17 bits per heavy atom. The van der Waals surface area contributed by atoms with Gasteiger partial charge < -0.3 is 0 Å². The number of hydrogen-bond acceptors (Lipinski definition) is 0. The van der Waals surface area contributed by atoms with E-state index in [1.807, 2.05) is 11.1 Å². The molecule has 0 bridgehead atoms. The van der Waals surface area contributed by atoms with E-state index in [2.05, 4.69) is 48.5 Å². The Labute approximate surface area is 181 Å². The summed E-state index contributed by atoms with van der Waals surface area (Å²) in [5.74, 6) is 2.84. The molecule has 0 nitrogen and oxygen atoms in total. The van der Waals surface area contributed by atoms with Crippen molar-refractivity contribution >= 4 is 0 Å². The summed E-state index contributed by atoms with van der Waals surface area (Å²) in [6, 6.07) is 0. The maximum absolute atomic E-state index is 2.77. The molecule has 0 N–H and O–H groups in total. The molecule has 0 aromatic rings. The molecule has 7 atom stereocenters. The van der Waals surface area contributed by atoms with Crippen LogP contribution in [-0.2, 0) is 0 Å². The van der Waals surface area contributed by atoms with Gasteiger partial charge in [0.15, 0.2) is 0 Å². The first-order valence-electron chi connectivity index (χ1n) is 13.3. The Morgan fingerprint density at radius 2 is 1.45 bits per heavy atom. The van der Waals surface area contributed by atoms with Crippen LogP contribution in [0.15, 0.2) is 11.1 Å². The van der Waals surface area contributed by atoms with Gasteiger partial charge in [0.2, 0.25) is 0 Å². The van der Waals surface area contributed by atoms with Gasteiger partial charge in [-0.2, -0.15) is 0 Å². The standard InChI is InChI=1S/C29H48/c1-8-20-10-11-21-22-12-13-24-27(5)16-9-15-25(2,3)23(27)14-17-29(24,7)28(22,6)19-18-26(20,21)4/h20,23-24H,8-19H2,1-7H3/t20-,23-,24+,26+,27-,28+,29+/m0/s1. The van der Waals surface area contributed by atoms with Crippen LogP contribution < -0.4 is 0 Å². The first kappa shape index (κ1) is 20.6. The highest BCUT2D eigenvalue weighted by Crippen LogP contribution is 2.75. The summed E-state index contributed by atoms with van der Waals surface area (Å²) in [5, 5.41) is 0. The van der Waals surface area contributed by atoms with E-state index in [0.29, 0.717) is 27.1 Å². The van der Waals surface area contributed by atoms with E-state index in [1.165, 1.54) is 77.0 Å². The lowest BCUT2D eigenvalue weighted by Crippen LogP contribution is -2.62. The van der Waals surface area contributed by atoms with E-state index in [0.717, 1.165) is 17.8 Å². The van der Waals surface area contributed by atoms with Gasteiger partial charge in [-0.3, -0.25) is 0 Å². The Hall–Kier alpha value is -0.260. The van der Waals surface area contributed by atoms with Crippen LogP contribution in [0.1, 0.15) is 126 Å². The zero-order chi connectivity index (χ0) is 20.9. The summed E-state index contributed by atoms with van der Waals surface area (Å²) in [6.07, 6.45) is 17.5. The maximum atomic E-state index is 2.77. The van der Waals surface area contributed by atoms with Crippen molar-refractivity contribution in [2.45, 2.75) is 126 Å². The third kappa shape index (κ3) is 2.39. The molecule has 5 aliphatic carbocycles. The fourth-order valence-electron chi connectivity index (χ4n) is 11.0. The molecular weight excluding hydrogens is 348 g/mol. The van der Waals surface area contributed by atoms with Gasteiger partial charge in [-0.05, 0) is 109 Å². The Kier molecular flexibility index (Phi) is 4.38. The minimum absolute atomic E-state index is 0.475. The van der Waals surface area contributed by atoms with E-state index < -0.39 is 0 Å². The lowest BCUT2D eigenvalue weighted by atomic mass is 9.34. The fraction of sp³-hybridized carbons (Fsp3) is 0.931. The molecule has 0 saturated heterocycles. The molecule has 0 unspecified atom stereocenters. The predicted molar refractivity (Wildman–Crippen MR) is 125 cm³/mol. The molecule has 5 aliphatic rings. The minimum Gasteiger partial charge on any atom is -0.0651 e. The lowest BCUT2D eigenvalue weighted by Gasteiger charge is -2.70. The van der Waals surface area contributed by atoms with Crippen LogP contribution in [0.2, 0.25) is 0 Å². The fourth-order valence-corrected chi connectivity index (χ4v) is 11.0. The molecule has 0 aromatic heterocycles. The van der Waals surface area contributed by atoms with Crippen LogP contribution in [0.5, 0.6) is 0 Å². The van der Waals surface area contributed by atoms with E-state index >= 15 is 0 Å². The summed E-state index contributed by atoms with van der Waals surface area (Å²) in [6.45, 7) is 18.6. The van der Waals surface area contributed by atoms with Gasteiger partial charge in [-0.1, -0.05) is 72.5 Å². The first-order chi connectivity index (χ1) is 13.5. The molecule has 0 aromatic carbocycles. The molecule has 4 saturated carbocycles. The number of hydrogen-bond donors (Lipinski definition) is 0. The van der Waals surface area contributed by atoms with Gasteiger partial charge in [0.05, 0.1) is 0 Å². The quantitative estimate of drug-likeness (QED) is 0.388. The summed E-state index contributed by atoms with van der Waals surface area (Å²) >= 11 is 0. The molecule has 0 aliphatic heterocycles. The topological polar surface area (TPSA) is 0 Å². The number of fused-ring (bicyclic) bond motifs is 6. The monoisotopic (exact) mass is 396 g/mol. The highest BCUT2D eigenvalue weighted by molar-refractivity contribution is 5.38. The summed E-state index contributed by atoms with van der Waals surface area (Å²) < 4.78 is 0. The van der Waals surface area contributed by atoms with E-state index in [9.17, 15) is 0 Å². The van der Waals surface area contributed by atoms with Crippen molar-refractivity contribution in [1.82, 2.24) is 0 Å². The normalized spacial score (nSPS) is 53.7. The molecule has 0 heteroatoms. The van der Waals surface area contributed by atoms with Crippen molar-refractivity contribution in [3.63, 3.8) is 0 Å². The molecule has 29 heavy (non-hydrogen) atoms. The van der Waals surface area contributed by atoms with Crippen molar-refractivity contribution in [2.24, 2.45) is 44.8 Å². The molecule has 4 fully saturated rings. The van der Waals surface area contributed by atoms with Crippen LogP contribution in [0, 0.1) is 44.8 Å². The summed E-state index contributed by atoms with van der Waals surface area (Å²) in [4.78, 5) is 0. The van der Waals surface area contributed by atoms with E-state index in [-0.39, 0.29) is 0 Å². The third-order valence-corrected chi connectivity index (χ3v) is 12.7. The van der Waals surface area contributed by atoms with Crippen LogP contribution in [0.4, 0.5) is 0 Å². The van der Waals surface area contributed by atoms with Gasteiger partial charge in [0.1, 0.15) is 0 Å². The smallest absolute Gasteiger partial charge is 0.00566 e. The van der Waals surface area contributed by atoms with Crippen molar-refractivity contribution in [2.75, 3.05) is 0 Å². The van der Waals surface area contributed by atoms with Crippen molar-refractivity contribution in [1.29, 1.82) is 0 Å². The lowest BCUT2D eigenvalue weighted by molar-refractivity contribution is -0.179. The second-order valence-corrected chi connectivity index (χ2v) is 13.8. The number of allylic oxidation sites excluding steroid dienone is 2. The van der Waals surface area contributed by atoms with E-state index in [4.69, 9.17) is 0 Å². The van der Waals surface area contributed by atoms with Crippen molar-refractivity contribution < 1.29 is 0 Å². The SMILES string of the molecule is CC[C@H]1CCC2=C3CC[C@@H]4[C@@]5(C)CCCC(C)(C)[C@@H]5CC[C@@]4(C)[C@]3(C)CC[C@@]21C. The predicted octanol–water partition coefficient (Wildman–Crippen LogP) is 8.95. The minimum atomic E-state index is 0.475. The second-order valence-electron chi connectivity index (χ2n) is 13.8. The average molecular weight is 397 g/mol. The molecule has 0 spiro atoms. The third-order valence-electron chi connectivity index (χ3n) is 12.7. The van der Waals surface area contributed by atoms with Gasteiger partial charge in [-0.25, -0.2) is 0 Å². The second kappa shape index (κ2) is 6.16. The van der Waals surface area contributed by atoms with Crippen molar-refractivity contribution in [3.8, 4) is 0 Å². The van der Waals surface area contributed by atoms with Gasteiger partial charge in [0.25, 0.3) is 0 Å². The molecule has 0 heterocycles. The van der Waals surface area contributed by atoms with Crippen LogP contribution in [-0.4, -0.2) is 0 Å². The Morgan fingerprint density at radius 1 is 0.724 bits per heavy atom. The molecular formula is C29H48. The Bertz CT molecular complexity index is 726. The molecule has 0 amide bonds. The Balaban J connectivity index is 1.59. The summed E-state index contributed by atoms with van der Waals surface area (Å²) in [7, 11) is 0. The van der Waals surface area contributed by atoms with Gasteiger partial charge in [-0.15, -0.1) is 0 Å². The van der Waals surface area contributed by atoms with Crippen molar-refractivity contribution in [3.05, 3.63) is 11.1 Å². The molecule has 164 valence electrons. The van der Waals surface area contributed by atoms with Gasteiger partial charge in [0, 0.05) is 0 Å². The number of rotatable bonds is 1. The summed E-state index contributed by atoms with van der Waals surface area (Å²) in [5.41, 5.74) is 6.63. The zero-order valence-electron chi connectivity index (χ0n) is 20.7. The molecule has 0 radical (unpaired) electrons. The zero-order valence-corrected chi connectivity index (χ0v) is 20.7. The van der Waals surface area contributed by atoms with Crippen LogP contribution in [0.3, 0.4) is 0 Å². The first-order valence-corrected chi connectivity index (χ1v) is 13.3. The van der Waals surface area contributed by atoms with Crippen LogP contribution >= 0.6 is 0 Å². The van der Waals surface area contributed by atoms with Crippen LogP contribution in [0.25, 0.3) is 0 Å². The largest absolute Gasteiger partial charge is 0.0651 e.